The van der Waals surface area contributed by atoms with Gasteiger partial charge in [0.05, 0.1) is 0 Å². The molecule has 0 bridgehead atoms. The first-order valence-corrected chi connectivity index (χ1v) is 7.04. The highest BCUT2D eigenvalue weighted by Gasteiger charge is 2.09. The van der Waals surface area contributed by atoms with Crippen molar-refractivity contribution in [1.29, 1.82) is 0 Å². The van der Waals surface area contributed by atoms with E-state index in [9.17, 15) is 0 Å². The quantitative estimate of drug-likeness (QED) is 0.845. The lowest BCUT2D eigenvalue weighted by molar-refractivity contribution is 0.697. The lowest BCUT2D eigenvalue weighted by Gasteiger charge is -2.16. The highest BCUT2D eigenvalue weighted by atomic mass is 15.3. The van der Waals surface area contributed by atoms with E-state index < -0.39 is 0 Å². The Morgan fingerprint density at radius 1 is 1.14 bits per heavy atom. The lowest BCUT2D eigenvalue weighted by Crippen LogP contribution is -2.21. The highest BCUT2D eigenvalue weighted by molar-refractivity contribution is 5.41. The molecule has 112 valence electrons. The van der Waals surface area contributed by atoms with E-state index in [0.717, 1.165) is 12.8 Å². The van der Waals surface area contributed by atoms with Gasteiger partial charge in [-0.25, -0.2) is 0 Å². The predicted octanol–water partition coefficient (Wildman–Crippen LogP) is 1.95. The second kappa shape index (κ2) is 6.88. The summed E-state index contributed by atoms with van der Waals surface area (Å²) in [5, 5.41) is 3.28. The first-order chi connectivity index (χ1) is 10.0. The average Bonchev–Trinajstić information content (AvgIpc) is 2.45. The van der Waals surface area contributed by atoms with Gasteiger partial charge in [-0.1, -0.05) is 30.3 Å². The topological polar surface area (TPSA) is 80.0 Å². The van der Waals surface area contributed by atoms with E-state index in [2.05, 4.69) is 51.5 Å². The molecule has 0 spiro atoms. The summed E-state index contributed by atoms with van der Waals surface area (Å²) in [7, 11) is 3.74. The molecule has 2 aromatic rings. The maximum absolute atomic E-state index is 5.71. The molecule has 3 N–H and O–H groups in total. The minimum Gasteiger partial charge on any atom is -0.368 e. The fourth-order valence-electron chi connectivity index (χ4n) is 1.97. The fraction of sp³-hybridized carbons (Fsp3) is 0.400. The number of nitrogens with two attached hydrogens (primary N) is 1. The Hall–Kier alpha value is -2.37. The van der Waals surface area contributed by atoms with Crippen molar-refractivity contribution in [1.82, 2.24) is 15.0 Å². The zero-order valence-corrected chi connectivity index (χ0v) is 12.7. The molecule has 1 aromatic carbocycles. The number of rotatable bonds is 6. The molecule has 1 unspecified atom stereocenters. The van der Waals surface area contributed by atoms with Crippen LogP contribution in [0.2, 0.25) is 0 Å². The smallest absolute Gasteiger partial charge is 0.231 e. The second-order valence-corrected chi connectivity index (χ2v) is 5.28. The van der Waals surface area contributed by atoms with Crippen molar-refractivity contribution < 1.29 is 0 Å². The minimum absolute atomic E-state index is 0.228. The van der Waals surface area contributed by atoms with Gasteiger partial charge in [-0.3, -0.25) is 0 Å². The number of hydrogen-bond donors (Lipinski definition) is 2. The summed E-state index contributed by atoms with van der Waals surface area (Å²) in [6, 6.07) is 10.7. The summed E-state index contributed by atoms with van der Waals surface area (Å²) in [6.07, 6.45) is 2.00. The number of nitrogen functional groups attached to an aromatic ring is 1. The normalized spacial score (nSPS) is 12.0. The third kappa shape index (κ3) is 4.59. The SMILES string of the molecule is CC(CCc1ccccc1)Nc1nc(N)nc(N(C)C)n1. The van der Waals surface area contributed by atoms with Crippen LogP contribution in [0.1, 0.15) is 18.9 Å². The zero-order chi connectivity index (χ0) is 15.2. The van der Waals surface area contributed by atoms with E-state index in [0.29, 0.717) is 11.9 Å². The highest BCUT2D eigenvalue weighted by Crippen LogP contribution is 2.12. The van der Waals surface area contributed by atoms with Gasteiger partial charge in [0.15, 0.2) is 0 Å². The van der Waals surface area contributed by atoms with Crippen molar-refractivity contribution in [2.45, 2.75) is 25.8 Å². The second-order valence-electron chi connectivity index (χ2n) is 5.28. The fourth-order valence-corrected chi connectivity index (χ4v) is 1.97. The van der Waals surface area contributed by atoms with Crippen molar-refractivity contribution in [3.63, 3.8) is 0 Å². The number of aromatic nitrogens is 3. The van der Waals surface area contributed by atoms with Crippen molar-refractivity contribution in [2.75, 3.05) is 30.0 Å². The summed E-state index contributed by atoms with van der Waals surface area (Å²) < 4.78 is 0. The molecule has 0 amide bonds. The molecule has 0 aliphatic heterocycles. The van der Waals surface area contributed by atoms with Gasteiger partial charge in [0.1, 0.15) is 0 Å². The third-order valence-electron chi connectivity index (χ3n) is 3.13. The number of aryl methyl sites for hydroxylation is 1. The molecule has 0 saturated carbocycles. The number of nitrogens with zero attached hydrogens (tertiary/aromatic N) is 4. The van der Waals surface area contributed by atoms with Gasteiger partial charge in [0, 0.05) is 20.1 Å². The average molecular weight is 286 g/mol. The van der Waals surface area contributed by atoms with E-state index in [1.165, 1.54) is 5.56 Å². The third-order valence-corrected chi connectivity index (χ3v) is 3.13. The van der Waals surface area contributed by atoms with Gasteiger partial charge in [-0.15, -0.1) is 0 Å². The van der Waals surface area contributed by atoms with Crippen LogP contribution in [-0.2, 0) is 6.42 Å². The molecule has 6 heteroatoms. The first-order valence-electron chi connectivity index (χ1n) is 7.04. The Labute approximate surface area is 125 Å². The molecule has 1 aromatic heterocycles. The summed E-state index contributed by atoms with van der Waals surface area (Å²) in [6.45, 7) is 2.11. The Balaban J connectivity index is 1.94. The molecule has 0 aliphatic rings. The molecular weight excluding hydrogens is 264 g/mol. The summed E-state index contributed by atoms with van der Waals surface area (Å²) in [5.41, 5.74) is 7.04. The number of anilines is 3. The van der Waals surface area contributed by atoms with Crippen LogP contribution < -0.4 is 16.0 Å². The summed E-state index contributed by atoms with van der Waals surface area (Å²) >= 11 is 0. The maximum Gasteiger partial charge on any atom is 0.231 e. The van der Waals surface area contributed by atoms with E-state index >= 15 is 0 Å². The van der Waals surface area contributed by atoms with Crippen LogP contribution >= 0.6 is 0 Å². The number of hydrogen-bond acceptors (Lipinski definition) is 6. The predicted molar refractivity (Wildman–Crippen MR) is 86.4 cm³/mol. The Bertz CT molecular complexity index is 570. The first kappa shape index (κ1) is 15.0. The zero-order valence-electron chi connectivity index (χ0n) is 12.7. The standard InChI is InChI=1S/C15H22N6/c1-11(9-10-12-7-5-4-6-8-12)17-14-18-13(16)19-15(20-14)21(2)3/h4-8,11H,9-10H2,1-3H3,(H3,16,17,18,19,20). The van der Waals surface area contributed by atoms with Crippen LogP contribution in [0.4, 0.5) is 17.8 Å². The minimum atomic E-state index is 0.228. The van der Waals surface area contributed by atoms with Crippen LogP contribution in [0.5, 0.6) is 0 Å². The number of benzene rings is 1. The van der Waals surface area contributed by atoms with Crippen molar-refractivity contribution in [3.8, 4) is 0 Å². The lowest BCUT2D eigenvalue weighted by atomic mass is 10.1. The largest absolute Gasteiger partial charge is 0.368 e. The molecular formula is C15H22N6. The maximum atomic E-state index is 5.71. The van der Waals surface area contributed by atoms with Crippen LogP contribution in [0.25, 0.3) is 0 Å². The van der Waals surface area contributed by atoms with Crippen LogP contribution in [0.3, 0.4) is 0 Å². The van der Waals surface area contributed by atoms with Crippen molar-refractivity contribution >= 4 is 17.8 Å². The molecule has 1 atom stereocenters. The molecule has 0 saturated heterocycles. The molecule has 0 radical (unpaired) electrons. The number of nitrogens with one attached hydrogen (secondary N) is 1. The van der Waals surface area contributed by atoms with E-state index in [1.54, 1.807) is 4.90 Å². The molecule has 21 heavy (non-hydrogen) atoms. The van der Waals surface area contributed by atoms with Crippen LogP contribution in [0.15, 0.2) is 30.3 Å². The van der Waals surface area contributed by atoms with E-state index in [4.69, 9.17) is 5.73 Å². The Kier molecular flexibility index (Phi) is 4.92. The van der Waals surface area contributed by atoms with Gasteiger partial charge in [0.25, 0.3) is 0 Å². The monoisotopic (exact) mass is 286 g/mol. The molecule has 6 nitrogen and oxygen atoms in total. The summed E-state index contributed by atoms with van der Waals surface area (Å²) in [4.78, 5) is 14.3. The van der Waals surface area contributed by atoms with Crippen LogP contribution in [-0.4, -0.2) is 35.1 Å². The Morgan fingerprint density at radius 2 is 1.86 bits per heavy atom. The van der Waals surface area contributed by atoms with Gasteiger partial charge in [-0.2, -0.15) is 15.0 Å². The van der Waals surface area contributed by atoms with Crippen molar-refractivity contribution in [3.05, 3.63) is 35.9 Å². The van der Waals surface area contributed by atoms with Gasteiger partial charge in [-0.05, 0) is 25.3 Å². The van der Waals surface area contributed by atoms with Crippen molar-refractivity contribution in [2.24, 2.45) is 0 Å². The Morgan fingerprint density at radius 3 is 2.52 bits per heavy atom. The van der Waals surface area contributed by atoms with Gasteiger partial charge < -0.3 is 16.0 Å². The van der Waals surface area contributed by atoms with E-state index in [-0.39, 0.29) is 12.0 Å². The van der Waals surface area contributed by atoms with Crippen LogP contribution in [0, 0.1) is 0 Å². The molecule has 1 heterocycles. The van der Waals surface area contributed by atoms with Gasteiger partial charge in [0.2, 0.25) is 17.8 Å². The molecule has 0 fully saturated rings. The molecule has 0 aliphatic carbocycles. The summed E-state index contributed by atoms with van der Waals surface area (Å²) in [5.74, 6) is 1.30. The van der Waals surface area contributed by atoms with Gasteiger partial charge >= 0.3 is 0 Å². The van der Waals surface area contributed by atoms with E-state index in [1.807, 2.05) is 20.2 Å². The molecule has 2 rings (SSSR count).